The van der Waals surface area contributed by atoms with E-state index in [0.717, 1.165) is 40.6 Å². The monoisotopic (exact) mass is 388 g/mol. The molecule has 136 valence electrons. The van der Waals surface area contributed by atoms with Crippen LogP contribution in [0, 0.1) is 6.92 Å². The number of likely N-dealkylation sites (tertiary alicyclic amines) is 1. The SMILES string of the molecule is Cc1ccc(C(=O)NC2CCN(Cc3nc(-c4cccs4)no3)CC2)s1. The maximum Gasteiger partial charge on any atom is 0.261 e. The summed E-state index contributed by atoms with van der Waals surface area (Å²) in [4.78, 5) is 22.0. The number of hydrogen-bond donors (Lipinski definition) is 1. The van der Waals surface area contributed by atoms with Gasteiger partial charge in [-0.3, -0.25) is 9.69 Å². The van der Waals surface area contributed by atoms with Crippen molar-refractivity contribution in [2.45, 2.75) is 32.4 Å². The molecule has 0 atom stereocenters. The highest BCUT2D eigenvalue weighted by atomic mass is 32.1. The normalized spacial score (nSPS) is 16.0. The lowest BCUT2D eigenvalue weighted by molar-refractivity contribution is 0.0908. The molecule has 1 aliphatic rings. The van der Waals surface area contributed by atoms with Gasteiger partial charge in [0.1, 0.15) is 0 Å². The van der Waals surface area contributed by atoms with Crippen molar-refractivity contribution in [2.75, 3.05) is 13.1 Å². The van der Waals surface area contributed by atoms with Gasteiger partial charge in [-0.15, -0.1) is 22.7 Å². The van der Waals surface area contributed by atoms with Gasteiger partial charge in [-0.2, -0.15) is 4.98 Å². The van der Waals surface area contributed by atoms with Gasteiger partial charge < -0.3 is 9.84 Å². The Hall–Kier alpha value is -2.03. The number of carbonyl (C=O) groups excluding carboxylic acids is 1. The van der Waals surface area contributed by atoms with Gasteiger partial charge in [-0.1, -0.05) is 11.2 Å². The number of amides is 1. The number of rotatable bonds is 5. The molecule has 8 heteroatoms. The summed E-state index contributed by atoms with van der Waals surface area (Å²) < 4.78 is 5.38. The topological polar surface area (TPSA) is 71.3 Å². The number of nitrogens with one attached hydrogen (secondary N) is 1. The summed E-state index contributed by atoms with van der Waals surface area (Å²) in [5.41, 5.74) is 0. The van der Waals surface area contributed by atoms with E-state index < -0.39 is 0 Å². The van der Waals surface area contributed by atoms with Crippen LogP contribution in [0.2, 0.25) is 0 Å². The van der Waals surface area contributed by atoms with Gasteiger partial charge in [-0.05, 0) is 43.3 Å². The average molecular weight is 389 g/mol. The Morgan fingerprint density at radius 1 is 1.35 bits per heavy atom. The second kappa shape index (κ2) is 7.69. The zero-order chi connectivity index (χ0) is 17.9. The van der Waals surface area contributed by atoms with Gasteiger partial charge in [0.2, 0.25) is 11.7 Å². The molecule has 0 aromatic carbocycles. The van der Waals surface area contributed by atoms with Crippen molar-refractivity contribution in [1.29, 1.82) is 0 Å². The van der Waals surface area contributed by atoms with Crippen molar-refractivity contribution >= 4 is 28.6 Å². The van der Waals surface area contributed by atoms with Gasteiger partial charge in [-0.25, -0.2) is 0 Å². The predicted octanol–water partition coefficient (Wildman–Crippen LogP) is 3.56. The minimum Gasteiger partial charge on any atom is -0.349 e. The number of piperidine rings is 1. The zero-order valence-corrected chi connectivity index (χ0v) is 16.1. The first-order valence-corrected chi connectivity index (χ1v) is 10.3. The Morgan fingerprint density at radius 3 is 2.88 bits per heavy atom. The highest BCUT2D eigenvalue weighted by molar-refractivity contribution is 7.14. The number of aryl methyl sites for hydroxylation is 1. The first-order valence-electron chi connectivity index (χ1n) is 8.63. The molecule has 1 N–H and O–H groups in total. The zero-order valence-electron chi connectivity index (χ0n) is 14.5. The van der Waals surface area contributed by atoms with E-state index in [-0.39, 0.29) is 11.9 Å². The van der Waals surface area contributed by atoms with Gasteiger partial charge in [0, 0.05) is 24.0 Å². The molecule has 3 aromatic rings. The number of aromatic nitrogens is 2. The van der Waals surface area contributed by atoms with E-state index in [1.165, 1.54) is 11.3 Å². The van der Waals surface area contributed by atoms with Gasteiger partial charge in [0.15, 0.2) is 0 Å². The smallest absolute Gasteiger partial charge is 0.261 e. The van der Waals surface area contributed by atoms with Crippen LogP contribution < -0.4 is 5.32 Å². The van der Waals surface area contributed by atoms with Gasteiger partial charge in [0.05, 0.1) is 16.3 Å². The first-order chi connectivity index (χ1) is 12.7. The van der Waals surface area contributed by atoms with Crippen molar-refractivity contribution in [3.8, 4) is 10.7 Å². The van der Waals surface area contributed by atoms with E-state index >= 15 is 0 Å². The van der Waals surface area contributed by atoms with E-state index in [4.69, 9.17) is 4.52 Å². The summed E-state index contributed by atoms with van der Waals surface area (Å²) in [6.07, 6.45) is 1.87. The third-order valence-corrected chi connectivity index (χ3v) is 6.32. The molecule has 0 radical (unpaired) electrons. The van der Waals surface area contributed by atoms with Crippen molar-refractivity contribution < 1.29 is 9.32 Å². The lowest BCUT2D eigenvalue weighted by Crippen LogP contribution is -2.44. The Bertz CT molecular complexity index is 864. The van der Waals surface area contributed by atoms with E-state index in [9.17, 15) is 4.79 Å². The van der Waals surface area contributed by atoms with Gasteiger partial charge >= 0.3 is 0 Å². The standard InChI is InChI=1S/C18H20N4O2S2/c1-12-4-5-15(26-12)18(23)19-13-6-8-22(9-7-13)11-16-20-17(21-24-16)14-3-2-10-25-14/h2-5,10,13H,6-9,11H2,1H3,(H,19,23). The third kappa shape index (κ3) is 4.03. The second-order valence-corrected chi connectivity index (χ2v) is 8.66. The molecule has 26 heavy (non-hydrogen) atoms. The molecule has 1 aliphatic heterocycles. The Morgan fingerprint density at radius 2 is 2.19 bits per heavy atom. The number of thiophene rings is 2. The van der Waals surface area contributed by atoms with Crippen molar-refractivity contribution in [3.05, 3.63) is 45.3 Å². The molecule has 0 saturated carbocycles. The lowest BCUT2D eigenvalue weighted by atomic mass is 10.0. The Kier molecular flexibility index (Phi) is 5.14. The quantitative estimate of drug-likeness (QED) is 0.724. The number of nitrogens with zero attached hydrogens (tertiary/aromatic N) is 3. The first kappa shape index (κ1) is 17.4. The minimum atomic E-state index is 0.0408. The van der Waals surface area contributed by atoms with E-state index in [0.29, 0.717) is 18.3 Å². The fraction of sp³-hybridized carbons (Fsp3) is 0.389. The van der Waals surface area contributed by atoms with Crippen molar-refractivity contribution in [1.82, 2.24) is 20.4 Å². The summed E-state index contributed by atoms with van der Waals surface area (Å²) in [5.74, 6) is 1.34. The minimum absolute atomic E-state index is 0.0408. The summed E-state index contributed by atoms with van der Waals surface area (Å²) in [7, 11) is 0. The van der Waals surface area contributed by atoms with Crippen molar-refractivity contribution in [2.24, 2.45) is 0 Å². The average Bonchev–Trinajstić information content (AvgIpc) is 3.37. The molecule has 4 rings (SSSR count). The van der Waals surface area contributed by atoms with Crippen molar-refractivity contribution in [3.63, 3.8) is 0 Å². The molecule has 1 saturated heterocycles. The third-order valence-electron chi connectivity index (χ3n) is 4.46. The fourth-order valence-corrected chi connectivity index (χ4v) is 4.48. The van der Waals surface area contributed by atoms with Crippen LogP contribution in [0.25, 0.3) is 10.7 Å². The van der Waals surface area contributed by atoms with Gasteiger partial charge in [0.25, 0.3) is 5.91 Å². The Balaban J connectivity index is 1.27. The maximum absolute atomic E-state index is 12.3. The highest BCUT2D eigenvalue weighted by Crippen LogP contribution is 2.22. The molecular formula is C18H20N4O2S2. The van der Waals surface area contributed by atoms with E-state index in [2.05, 4.69) is 20.4 Å². The second-order valence-electron chi connectivity index (χ2n) is 6.42. The summed E-state index contributed by atoms with van der Waals surface area (Å²) >= 11 is 3.14. The van der Waals surface area contributed by atoms with Crippen LogP contribution in [-0.4, -0.2) is 40.1 Å². The van der Waals surface area contributed by atoms with E-state index in [1.807, 2.05) is 36.6 Å². The molecular weight excluding hydrogens is 368 g/mol. The Labute approximate surface area is 159 Å². The van der Waals surface area contributed by atoms with Crippen LogP contribution >= 0.6 is 22.7 Å². The van der Waals surface area contributed by atoms with Crippen LogP contribution in [0.1, 0.15) is 33.3 Å². The van der Waals surface area contributed by atoms with Crippen LogP contribution in [0.4, 0.5) is 0 Å². The summed E-state index contributed by atoms with van der Waals surface area (Å²) in [6, 6.07) is 8.07. The molecule has 0 spiro atoms. The molecule has 0 bridgehead atoms. The molecule has 3 aromatic heterocycles. The molecule has 1 amide bonds. The van der Waals surface area contributed by atoms with E-state index in [1.54, 1.807) is 11.3 Å². The van der Waals surface area contributed by atoms with Crippen LogP contribution in [0.3, 0.4) is 0 Å². The van der Waals surface area contributed by atoms with Crippen LogP contribution in [0.5, 0.6) is 0 Å². The maximum atomic E-state index is 12.3. The molecule has 0 unspecified atom stereocenters. The molecule has 6 nitrogen and oxygen atoms in total. The fourth-order valence-electron chi connectivity index (χ4n) is 3.06. The lowest BCUT2D eigenvalue weighted by Gasteiger charge is -2.31. The molecule has 0 aliphatic carbocycles. The molecule has 4 heterocycles. The summed E-state index contributed by atoms with van der Waals surface area (Å²) in [6.45, 7) is 4.49. The largest absolute Gasteiger partial charge is 0.349 e. The van der Waals surface area contributed by atoms with Crippen LogP contribution in [-0.2, 0) is 6.54 Å². The predicted molar refractivity (Wildman–Crippen MR) is 102 cm³/mol. The number of hydrogen-bond acceptors (Lipinski definition) is 7. The summed E-state index contributed by atoms with van der Waals surface area (Å²) in [5, 5.41) is 9.21. The number of carbonyl (C=O) groups is 1. The molecule has 1 fully saturated rings. The highest BCUT2D eigenvalue weighted by Gasteiger charge is 2.23. The van der Waals surface area contributed by atoms with Crippen LogP contribution in [0.15, 0.2) is 34.2 Å².